The number of alkyl halides is 3. The number of nitrogens with zero attached hydrogens (tertiary/aromatic N) is 7. The second-order valence-corrected chi connectivity index (χ2v) is 9.74. The summed E-state index contributed by atoms with van der Waals surface area (Å²) < 4.78 is 56.0. The van der Waals surface area contributed by atoms with Crippen molar-refractivity contribution < 1.29 is 22.6 Å². The third-order valence-electron chi connectivity index (χ3n) is 6.48. The van der Waals surface area contributed by atoms with E-state index in [0.29, 0.717) is 35.7 Å². The number of ether oxygens (including phenoxy) is 2. The summed E-state index contributed by atoms with van der Waals surface area (Å²) in [5, 5.41) is 10.4. The van der Waals surface area contributed by atoms with Gasteiger partial charge in [0.25, 0.3) is 0 Å². The van der Waals surface area contributed by atoms with Gasteiger partial charge in [0.1, 0.15) is 22.4 Å². The summed E-state index contributed by atoms with van der Waals surface area (Å²) in [6.45, 7) is 1.28. The molecule has 2 N–H and O–H groups in total. The molecule has 1 aliphatic rings. The van der Waals surface area contributed by atoms with Crippen LogP contribution in [0.15, 0.2) is 43.0 Å². The summed E-state index contributed by atoms with van der Waals surface area (Å²) in [7, 11) is 5.31. The van der Waals surface area contributed by atoms with Crippen LogP contribution in [0.5, 0.6) is 17.2 Å². The molecule has 0 aliphatic carbocycles. The van der Waals surface area contributed by atoms with Crippen molar-refractivity contribution in [2.75, 3.05) is 37.8 Å². The van der Waals surface area contributed by atoms with Crippen molar-refractivity contribution in [2.24, 2.45) is 7.05 Å². The molecule has 0 spiro atoms. The fraction of sp³-hybridized carbons (Fsp3) is 0.280. The van der Waals surface area contributed by atoms with Crippen LogP contribution in [-0.4, -0.2) is 67.3 Å². The van der Waals surface area contributed by atoms with Crippen molar-refractivity contribution in [2.45, 2.75) is 12.3 Å². The molecule has 1 fully saturated rings. The zero-order chi connectivity index (χ0) is 28.2. The number of likely N-dealkylation sites (tertiary alicyclic amines) is 1. The molecule has 11 nitrogen and oxygen atoms in total. The second-order valence-electron chi connectivity index (χ2n) is 9.36. The number of imidazole rings is 1. The lowest BCUT2D eigenvalue weighted by Crippen LogP contribution is -2.51. The number of aryl methyl sites for hydroxylation is 1. The lowest BCUT2D eigenvalue weighted by atomic mass is 10.1. The fourth-order valence-electron chi connectivity index (χ4n) is 4.53. The van der Waals surface area contributed by atoms with E-state index >= 15 is 0 Å². The summed E-state index contributed by atoms with van der Waals surface area (Å²) in [6.07, 6.45) is 1.50. The molecular formula is C25H23ClF3N9O2. The minimum absolute atomic E-state index is 0.116. The maximum Gasteiger partial charge on any atom is 0.416 e. The lowest BCUT2D eigenvalue weighted by Gasteiger charge is -2.36. The van der Waals surface area contributed by atoms with Crippen LogP contribution in [-0.2, 0) is 13.2 Å². The number of benzene rings is 1. The van der Waals surface area contributed by atoms with Gasteiger partial charge in [-0.2, -0.15) is 23.3 Å². The molecular weight excluding hydrogens is 551 g/mol. The van der Waals surface area contributed by atoms with Crippen molar-refractivity contribution in [3.8, 4) is 17.2 Å². The monoisotopic (exact) mass is 573 g/mol. The predicted molar refractivity (Wildman–Crippen MR) is 143 cm³/mol. The Kier molecular flexibility index (Phi) is 6.30. The maximum atomic E-state index is 13.7. The quantitative estimate of drug-likeness (QED) is 0.279. The molecule has 1 saturated heterocycles. The highest BCUT2D eigenvalue weighted by molar-refractivity contribution is 6.36. The molecule has 0 amide bonds. The van der Waals surface area contributed by atoms with E-state index in [-0.39, 0.29) is 39.9 Å². The number of hydrogen-bond acceptors (Lipinski definition) is 9. The number of hydrogen-bond donors (Lipinski definition) is 2. The summed E-state index contributed by atoms with van der Waals surface area (Å²) in [4.78, 5) is 15.1. The fourth-order valence-corrected chi connectivity index (χ4v) is 4.83. The summed E-state index contributed by atoms with van der Waals surface area (Å²) in [5.41, 5.74) is 0.619. The highest BCUT2D eigenvalue weighted by Crippen LogP contribution is 2.39. The van der Waals surface area contributed by atoms with Crippen molar-refractivity contribution in [1.82, 2.24) is 34.0 Å². The highest BCUT2D eigenvalue weighted by Gasteiger charge is 2.33. The van der Waals surface area contributed by atoms with E-state index in [1.165, 1.54) is 18.5 Å². The Morgan fingerprint density at radius 1 is 1.05 bits per heavy atom. The highest BCUT2D eigenvalue weighted by atomic mass is 35.5. The van der Waals surface area contributed by atoms with Gasteiger partial charge >= 0.3 is 6.18 Å². The first kappa shape index (κ1) is 26.0. The zero-order valence-electron chi connectivity index (χ0n) is 21.5. The molecule has 6 rings (SSSR count). The van der Waals surface area contributed by atoms with Gasteiger partial charge in [-0.05, 0) is 19.2 Å². The normalized spacial score (nSPS) is 14.5. The Bertz CT molecular complexity index is 1730. The van der Waals surface area contributed by atoms with E-state index in [1.807, 2.05) is 11.9 Å². The Morgan fingerprint density at radius 2 is 1.85 bits per heavy atom. The van der Waals surface area contributed by atoms with Crippen LogP contribution in [0.25, 0.3) is 16.7 Å². The molecule has 0 saturated carbocycles. The first-order chi connectivity index (χ1) is 19.1. The Labute approximate surface area is 230 Å². The van der Waals surface area contributed by atoms with Crippen molar-refractivity contribution in [1.29, 1.82) is 0 Å². The SMILES string of the molecule is CNc1nccn2ncc(Oc3cnc4nc(Nc5cc(OC6CN(C)C6)cc(C(F)(F)F)c5)n(C)c4c3Cl)c12. The number of nitrogens with one attached hydrogen (secondary N) is 2. The van der Waals surface area contributed by atoms with Crippen LogP contribution in [0.1, 0.15) is 5.56 Å². The molecule has 40 heavy (non-hydrogen) atoms. The number of fused-ring (bicyclic) bond motifs is 2. The van der Waals surface area contributed by atoms with Gasteiger partial charge in [-0.25, -0.2) is 14.5 Å². The number of halogens is 4. The molecule has 5 heterocycles. The topological polar surface area (TPSA) is 107 Å². The van der Waals surface area contributed by atoms with Crippen LogP contribution in [0.4, 0.5) is 30.6 Å². The molecule has 1 aromatic carbocycles. The molecule has 4 aromatic heterocycles. The molecule has 5 aromatic rings. The van der Waals surface area contributed by atoms with Crippen molar-refractivity contribution >= 4 is 45.7 Å². The number of pyridine rings is 1. The minimum Gasteiger partial charge on any atom is -0.488 e. The van der Waals surface area contributed by atoms with Gasteiger partial charge in [-0.15, -0.1) is 0 Å². The molecule has 1 aliphatic heterocycles. The summed E-state index contributed by atoms with van der Waals surface area (Å²) in [5.74, 6) is 1.54. The van der Waals surface area contributed by atoms with Gasteiger partial charge < -0.3 is 24.7 Å². The Morgan fingerprint density at radius 3 is 2.58 bits per heavy atom. The number of anilines is 3. The van der Waals surface area contributed by atoms with Crippen molar-refractivity contribution in [3.63, 3.8) is 0 Å². The summed E-state index contributed by atoms with van der Waals surface area (Å²) in [6, 6.07) is 3.51. The van der Waals surface area contributed by atoms with Crippen LogP contribution < -0.4 is 20.1 Å². The number of likely N-dealkylation sites (N-methyl/N-ethyl adjacent to an activating group) is 1. The van der Waals surface area contributed by atoms with Gasteiger partial charge in [-0.1, -0.05) is 11.6 Å². The molecule has 0 radical (unpaired) electrons. The average Bonchev–Trinajstić information content (AvgIpc) is 3.45. The molecule has 15 heteroatoms. The maximum absolute atomic E-state index is 13.7. The molecule has 0 bridgehead atoms. The van der Waals surface area contributed by atoms with Crippen LogP contribution in [0.2, 0.25) is 5.02 Å². The molecule has 0 atom stereocenters. The van der Waals surface area contributed by atoms with E-state index in [1.54, 1.807) is 35.6 Å². The Balaban J connectivity index is 1.33. The third-order valence-corrected chi connectivity index (χ3v) is 6.85. The van der Waals surface area contributed by atoms with Gasteiger partial charge in [0.2, 0.25) is 5.95 Å². The van der Waals surface area contributed by atoms with Crippen LogP contribution in [0, 0.1) is 0 Å². The molecule has 208 valence electrons. The Hall–Kier alpha value is -4.30. The first-order valence-corrected chi connectivity index (χ1v) is 12.5. The van der Waals surface area contributed by atoms with Gasteiger partial charge in [0.15, 0.2) is 28.5 Å². The molecule has 0 unspecified atom stereocenters. The zero-order valence-corrected chi connectivity index (χ0v) is 22.2. The van der Waals surface area contributed by atoms with E-state index in [0.717, 1.165) is 12.1 Å². The smallest absolute Gasteiger partial charge is 0.416 e. The van der Waals surface area contributed by atoms with Crippen molar-refractivity contribution in [3.05, 3.63) is 53.6 Å². The lowest BCUT2D eigenvalue weighted by molar-refractivity contribution is -0.137. The first-order valence-electron chi connectivity index (χ1n) is 12.1. The minimum atomic E-state index is -4.56. The largest absolute Gasteiger partial charge is 0.488 e. The van der Waals surface area contributed by atoms with E-state index in [2.05, 4.69) is 30.7 Å². The third kappa shape index (κ3) is 4.69. The number of rotatable bonds is 7. The second kappa shape index (κ2) is 9.71. The predicted octanol–water partition coefficient (Wildman–Crippen LogP) is 4.95. The van der Waals surface area contributed by atoms with Crippen LogP contribution >= 0.6 is 11.6 Å². The summed E-state index contributed by atoms with van der Waals surface area (Å²) >= 11 is 6.72. The van der Waals surface area contributed by atoms with Gasteiger partial charge in [0.05, 0.1) is 18.0 Å². The van der Waals surface area contributed by atoms with Gasteiger partial charge in [0, 0.05) is 51.3 Å². The van der Waals surface area contributed by atoms with E-state index in [4.69, 9.17) is 21.1 Å². The van der Waals surface area contributed by atoms with Crippen LogP contribution in [0.3, 0.4) is 0 Å². The van der Waals surface area contributed by atoms with Gasteiger partial charge in [-0.3, -0.25) is 4.90 Å². The van der Waals surface area contributed by atoms with E-state index < -0.39 is 11.7 Å². The van der Waals surface area contributed by atoms with E-state index in [9.17, 15) is 13.2 Å². The average molecular weight is 574 g/mol. The standard InChI is InChI=1S/C25H23ClF3N9O2/c1-30-22-20-18(10-33-38(20)5-4-31-22)40-17-9-32-23-21(19(17)26)37(3)24(35-23)34-14-6-13(25(27,28)29)7-15(8-14)39-16-11-36(2)12-16/h4-10,16H,11-12H2,1-3H3,(H,30,31)(H,32,34,35). The number of aromatic nitrogens is 6.